The molecule has 0 atom stereocenters. The lowest BCUT2D eigenvalue weighted by Gasteiger charge is -2.16. The van der Waals surface area contributed by atoms with E-state index in [0.717, 1.165) is 49.7 Å². The smallest absolute Gasteiger partial charge is 0.189 e. The van der Waals surface area contributed by atoms with Gasteiger partial charge >= 0.3 is 0 Å². The molecule has 0 saturated carbocycles. The molecule has 7 aromatic carbocycles. The molecule has 0 bridgehead atoms. The van der Waals surface area contributed by atoms with Crippen molar-refractivity contribution in [3.8, 4) is 80.1 Å². The predicted molar refractivity (Wildman–Crippen MR) is 231 cm³/mol. The fraction of sp³-hybridized carbons (Fsp3) is 0. The molecular weight excluding hydrogens is 727 g/mol. The number of fused-ring (bicyclic) bond motifs is 3. The van der Waals surface area contributed by atoms with E-state index in [1.165, 1.54) is 0 Å². The maximum absolute atomic E-state index is 10.1. The van der Waals surface area contributed by atoms with Crippen molar-refractivity contribution in [3.63, 3.8) is 0 Å². The summed E-state index contributed by atoms with van der Waals surface area (Å²) in [6.07, 6.45) is 0. The molecule has 0 N–H and O–H groups in total. The van der Waals surface area contributed by atoms with Crippen LogP contribution >= 0.6 is 0 Å². The van der Waals surface area contributed by atoms with Crippen LogP contribution in [0.25, 0.3) is 101 Å². The Bertz CT molecular complexity index is 3090. The van der Waals surface area contributed by atoms with E-state index in [-0.39, 0.29) is 0 Å². The van der Waals surface area contributed by atoms with Crippen molar-refractivity contribution in [2.24, 2.45) is 0 Å². The number of nitriles is 1. The molecule has 3 heterocycles. The third-order valence-electron chi connectivity index (χ3n) is 10.1. The Morgan fingerprint density at radius 2 is 0.847 bits per heavy atom. The topological polar surface area (TPSA) is 110 Å². The molecule has 0 saturated heterocycles. The van der Waals surface area contributed by atoms with Crippen molar-refractivity contribution in [2.75, 3.05) is 0 Å². The molecule has 0 radical (unpaired) electrons. The quantitative estimate of drug-likeness (QED) is 0.149. The first kappa shape index (κ1) is 34.8. The van der Waals surface area contributed by atoms with Crippen molar-refractivity contribution < 1.29 is 0 Å². The Hall–Kier alpha value is -8.66. The van der Waals surface area contributed by atoms with Crippen molar-refractivity contribution >= 4 is 27.5 Å². The molecule has 0 aliphatic rings. The van der Waals surface area contributed by atoms with Gasteiger partial charge < -0.3 is 4.57 Å². The van der Waals surface area contributed by atoms with Gasteiger partial charge in [0, 0.05) is 49.7 Å². The van der Waals surface area contributed by atoms with E-state index in [9.17, 15) is 5.26 Å². The van der Waals surface area contributed by atoms with Crippen LogP contribution in [0, 0.1) is 17.9 Å². The zero-order valence-corrected chi connectivity index (χ0v) is 31.3. The summed E-state index contributed by atoms with van der Waals surface area (Å²) in [7, 11) is 0. The number of aromatic nitrogens is 7. The fourth-order valence-corrected chi connectivity index (χ4v) is 7.32. The SMILES string of the molecule is [C-]#[N+]c1ccc2c3ccc(C#N)cc3n(-c3ccc(-c4nc(-c5ccccc5)nc(-c5ccccc5)n4)cc3-c3nc(-c4ccccc4)nc(-c4ccccc4)n3)c2c1. The predicted octanol–water partition coefficient (Wildman–Crippen LogP) is 11.6. The molecule has 0 aliphatic heterocycles. The maximum atomic E-state index is 10.1. The van der Waals surface area contributed by atoms with Crippen LogP contribution < -0.4 is 0 Å². The first-order valence-corrected chi connectivity index (χ1v) is 18.9. The minimum absolute atomic E-state index is 0.419. The molecule has 9 heteroatoms. The molecule has 0 spiro atoms. The van der Waals surface area contributed by atoms with Crippen LogP contribution in [-0.2, 0) is 0 Å². The Morgan fingerprint density at radius 1 is 0.424 bits per heavy atom. The van der Waals surface area contributed by atoms with Crippen molar-refractivity contribution in [1.29, 1.82) is 5.26 Å². The Morgan fingerprint density at radius 3 is 1.31 bits per heavy atom. The Labute approximate surface area is 339 Å². The number of benzene rings is 7. The molecule has 274 valence electrons. The lowest BCUT2D eigenvalue weighted by molar-refractivity contribution is 1.06. The largest absolute Gasteiger partial charge is 0.310 e. The monoisotopic (exact) mass is 755 g/mol. The van der Waals surface area contributed by atoms with Crippen LogP contribution in [0.1, 0.15) is 5.56 Å². The Kier molecular flexibility index (Phi) is 8.71. The van der Waals surface area contributed by atoms with Crippen LogP contribution in [0.5, 0.6) is 0 Å². The molecule has 3 aromatic heterocycles. The maximum Gasteiger partial charge on any atom is 0.189 e. The van der Waals surface area contributed by atoms with Gasteiger partial charge in [0.1, 0.15) is 0 Å². The molecule has 10 aromatic rings. The van der Waals surface area contributed by atoms with Crippen LogP contribution in [0.4, 0.5) is 5.69 Å². The van der Waals surface area contributed by atoms with Gasteiger partial charge in [-0.1, -0.05) is 140 Å². The van der Waals surface area contributed by atoms with E-state index in [1.54, 1.807) is 0 Å². The standard InChI is InChI=1S/C50H29N9/c1-52-38-24-26-40-39-25-22-32(31-51)28-43(39)59(44(40)30-38)42-27-23-37(49-55-45(33-14-6-2-7-15-33)53-46(56-49)34-16-8-3-9-17-34)29-41(42)50-57-47(35-18-10-4-11-19-35)54-48(58-50)36-20-12-5-13-21-36/h2-30H. The summed E-state index contributed by atoms with van der Waals surface area (Å²) in [5, 5.41) is 11.9. The number of hydrogen-bond donors (Lipinski definition) is 0. The van der Waals surface area contributed by atoms with E-state index in [2.05, 4.69) is 15.5 Å². The van der Waals surface area contributed by atoms with Gasteiger partial charge in [0.25, 0.3) is 0 Å². The second-order valence-corrected chi connectivity index (χ2v) is 13.8. The normalized spacial score (nSPS) is 11.0. The average molecular weight is 756 g/mol. The summed E-state index contributed by atoms with van der Waals surface area (Å²) in [6, 6.07) is 59.1. The molecule has 9 nitrogen and oxygen atoms in total. The number of nitrogens with zero attached hydrogens (tertiary/aromatic N) is 9. The highest BCUT2D eigenvalue weighted by Gasteiger charge is 2.22. The molecule has 0 aliphatic carbocycles. The van der Waals surface area contributed by atoms with Gasteiger partial charge in [0.2, 0.25) is 0 Å². The van der Waals surface area contributed by atoms with E-state index < -0.39 is 0 Å². The molecular formula is C50H29N9. The molecule has 59 heavy (non-hydrogen) atoms. The highest BCUT2D eigenvalue weighted by molar-refractivity contribution is 6.11. The van der Waals surface area contributed by atoms with Crippen LogP contribution in [0.3, 0.4) is 0 Å². The van der Waals surface area contributed by atoms with Gasteiger partial charge in [-0.3, -0.25) is 0 Å². The van der Waals surface area contributed by atoms with Gasteiger partial charge in [0.15, 0.2) is 40.6 Å². The summed E-state index contributed by atoms with van der Waals surface area (Å²) < 4.78 is 2.09. The van der Waals surface area contributed by atoms with Crippen molar-refractivity contribution in [3.05, 3.63) is 193 Å². The first-order valence-electron chi connectivity index (χ1n) is 18.9. The van der Waals surface area contributed by atoms with Crippen molar-refractivity contribution in [2.45, 2.75) is 0 Å². The van der Waals surface area contributed by atoms with Gasteiger partial charge in [-0.2, -0.15) is 5.26 Å². The summed E-state index contributed by atoms with van der Waals surface area (Å²) in [5.41, 5.74) is 8.09. The van der Waals surface area contributed by atoms with Crippen molar-refractivity contribution in [1.82, 2.24) is 34.5 Å². The summed E-state index contributed by atoms with van der Waals surface area (Å²) in [5.74, 6) is 2.98. The van der Waals surface area contributed by atoms with E-state index in [0.29, 0.717) is 57.3 Å². The third-order valence-corrected chi connectivity index (χ3v) is 10.1. The zero-order chi connectivity index (χ0) is 39.7. The fourth-order valence-electron chi connectivity index (χ4n) is 7.32. The van der Waals surface area contributed by atoms with Gasteiger partial charge in [-0.15, -0.1) is 0 Å². The van der Waals surface area contributed by atoms with Gasteiger partial charge in [-0.05, 0) is 36.4 Å². The summed E-state index contributed by atoms with van der Waals surface area (Å²) in [6.45, 7) is 7.89. The van der Waals surface area contributed by atoms with Gasteiger partial charge in [-0.25, -0.2) is 34.7 Å². The lowest BCUT2D eigenvalue weighted by Crippen LogP contribution is -2.05. The van der Waals surface area contributed by atoms with E-state index in [4.69, 9.17) is 36.5 Å². The van der Waals surface area contributed by atoms with Crippen LogP contribution in [-0.4, -0.2) is 34.5 Å². The van der Waals surface area contributed by atoms with Crippen LogP contribution in [0.15, 0.2) is 176 Å². The Balaban J connectivity index is 1.30. The van der Waals surface area contributed by atoms with Gasteiger partial charge in [0.05, 0.1) is 29.4 Å². The average Bonchev–Trinajstić information content (AvgIpc) is 3.64. The molecule has 0 unspecified atom stereocenters. The second kappa shape index (κ2) is 14.8. The first-order chi connectivity index (χ1) is 29.1. The second-order valence-electron chi connectivity index (χ2n) is 13.8. The number of hydrogen-bond acceptors (Lipinski definition) is 7. The highest BCUT2D eigenvalue weighted by Crippen LogP contribution is 2.40. The third kappa shape index (κ3) is 6.51. The molecule has 0 fully saturated rings. The van der Waals surface area contributed by atoms with Crippen LogP contribution in [0.2, 0.25) is 0 Å². The number of rotatable bonds is 7. The van der Waals surface area contributed by atoms with E-state index in [1.807, 2.05) is 176 Å². The minimum atomic E-state index is 0.419. The minimum Gasteiger partial charge on any atom is -0.310 e. The molecule has 10 rings (SSSR count). The molecule has 0 amide bonds. The lowest BCUT2D eigenvalue weighted by atomic mass is 10.1. The highest BCUT2D eigenvalue weighted by atomic mass is 15.1. The summed E-state index contributed by atoms with van der Waals surface area (Å²) in [4.78, 5) is 34.1. The zero-order valence-electron chi connectivity index (χ0n) is 31.3. The van der Waals surface area contributed by atoms with E-state index >= 15 is 0 Å². The summed E-state index contributed by atoms with van der Waals surface area (Å²) >= 11 is 0.